The first-order valence-electron chi connectivity index (χ1n) is 6.20. The summed E-state index contributed by atoms with van der Waals surface area (Å²) in [6.07, 6.45) is 4.86. The fraction of sp³-hybridized carbons (Fsp3) is 0.111. The molecule has 0 atom stereocenters. The normalized spacial score (nSPS) is 13.4. The van der Waals surface area contributed by atoms with Gasteiger partial charge in [-0.1, -0.05) is 61.5 Å². The Bertz CT molecular complexity index is 683. The lowest BCUT2D eigenvalue weighted by Crippen LogP contribution is -1.88. The predicted molar refractivity (Wildman–Crippen MR) is 86.8 cm³/mol. The molecule has 0 fully saturated rings. The molecule has 0 spiro atoms. The van der Waals surface area contributed by atoms with Crippen molar-refractivity contribution in [2.45, 2.75) is 13.8 Å². The van der Waals surface area contributed by atoms with E-state index in [4.69, 9.17) is 11.6 Å². The second-order valence-electron chi connectivity index (χ2n) is 4.53. The first kappa shape index (κ1) is 14.4. The fourth-order valence-corrected chi connectivity index (χ4v) is 2.66. The van der Waals surface area contributed by atoms with Crippen molar-refractivity contribution in [2.24, 2.45) is 0 Å². The Morgan fingerprint density at radius 3 is 2.35 bits per heavy atom. The molecular weight excluding hydrogens is 268 g/mol. The van der Waals surface area contributed by atoms with Crippen molar-refractivity contribution >= 4 is 17.2 Å². The van der Waals surface area contributed by atoms with Crippen LogP contribution in [-0.2, 0) is 0 Å². The molecule has 102 valence electrons. The number of hydrogen-bond donors (Lipinski definition) is 1. The van der Waals surface area contributed by atoms with E-state index in [2.05, 4.69) is 18.2 Å². The summed E-state index contributed by atoms with van der Waals surface area (Å²) in [4.78, 5) is 0. The summed E-state index contributed by atoms with van der Waals surface area (Å²) in [6, 6.07) is 15.4. The Morgan fingerprint density at radius 1 is 0.950 bits per heavy atom. The predicted octanol–water partition coefficient (Wildman–Crippen LogP) is 5.61. The van der Waals surface area contributed by atoms with Crippen molar-refractivity contribution < 1.29 is 5.11 Å². The fourth-order valence-electron chi connectivity index (χ4n) is 2.39. The first-order valence-corrected chi connectivity index (χ1v) is 6.57. The van der Waals surface area contributed by atoms with E-state index in [1.165, 1.54) is 0 Å². The van der Waals surface area contributed by atoms with Crippen LogP contribution in [0.5, 0.6) is 5.75 Å². The Labute approximate surface area is 124 Å². The van der Waals surface area contributed by atoms with Gasteiger partial charge in [0.15, 0.2) is 0 Å². The third-order valence-corrected chi connectivity index (χ3v) is 3.64. The highest BCUT2D eigenvalue weighted by Crippen LogP contribution is 2.37. The Kier molecular flexibility index (Phi) is 4.31. The van der Waals surface area contributed by atoms with Gasteiger partial charge in [-0.05, 0) is 46.9 Å². The zero-order valence-electron chi connectivity index (χ0n) is 10.3. The minimum absolute atomic E-state index is 0. The van der Waals surface area contributed by atoms with Gasteiger partial charge in [0.1, 0.15) is 5.75 Å². The average molecular weight is 285 g/mol. The van der Waals surface area contributed by atoms with Crippen molar-refractivity contribution in [3.63, 3.8) is 0 Å². The van der Waals surface area contributed by atoms with Gasteiger partial charge in [-0.25, -0.2) is 0 Å². The number of hydrogen-bond acceptors (Lipinski definition) is 1. The van der Waals surface area contributed by atoms with E-state index in [1.54, 1.807) is 12.1 Å². The van der Waals surface area contributed by atoms with Gasteiger partial charge in [-0.3, -0.25) is 0 Å². The Balaban J connectivity index is 0.00000147. The molecule has 1 N–H and O–H groups in total. The van der Waals surface area contributed by atoms with Gasteiger partial charge < -0.3 is 5.11 Å². The zero-order valence-corrected chi connectivity index (χ0v) is 11.1. The third-order valence-electron chi connectivity index (χ3n) is 3.28. The van der Waals surface area contributed by atoms with Crippen LogP contribution in [0.2, 0.25) is 0 Å². The molecule has 2 aromatic carbocycles. The van der Waals surface area contributed by atoms with E-state index in [9.17, 15) is 5.11 Å². The molecule has 2 aromatic rings. The summed E-state index contributed by atoms with van der Waals surface area (Å²) in [7, 11) is 0. The quantitative estimate of drug-likeness (QED) is 0.760. The molecule has 2 heteroatoms. The van der Waals surface area contributed by atoms with Crippen LogP contribution in [0.15, 0.2) is 65.7 Å². The molecule has 3 rings (SSSR count). The molecule has 0 saturated heterocycles. The molecular formula is C18H17ClO. The number of rotatable bonds is 2. The summed E-state index contributed by atoms with van der Waals surface area (Å²) < 4.78 is 0. The maximum atomic E-state index is 9.63. The lowest BCUT2D eigenvalue weighted by molar-refractivity contribution is 0.475. The van der Waals surface area contributed by atoms with Gasteiger partial charge in [0.2, 0.25) is 0 Å². The molecule has 0 amide bonds. The number of aromatic hydroxyl groups is 1. The standard InChI is InChI=1S/C17H13ClO.CH4/c18-17-10-4-9-16(17)15-8-2-1-7-14(15)12-5-3-6-13(19)11-12;/h1-8,10-11,19H,9H2;1H4. The van der Waals surface area contributed by atoms with E-state index in [-0.39, 0.29) is 13.2 Å². The number of phenolic OH excluding ortho intramolecular Hbond substituents is 1. The van der Waals surface area contributed by atoms with Crippen molar-refractivity contribution in [1.29, 1.82) is 0 Å². The highest BCUT2D eigenvalue weighted by molar-refractivity contribution is 6.35. The molecule has 0 aliphatic heterocycles. The molecule has 0 aromatic heterocycles. The zero-order chi connectivity index (χ0) is 13.2. The monoisotopic (exact) mass is 284 g/mol. The van der Waals surface area contributed by atoms with Crippen LogP contribution in [0.1, 0.15) is 19.4 Å². The molecule has 0 saturated carbocycles. The van der Waals surface area contributed by atoms with Gasteiger partial charge >= 0.3 is 0 Å². The lowest BCUT2D eigenvalue weighted by atomic mass is 9.94. The van der Waals surface area contributed by atoms with Crippen molar-refractivity contribution in [3.8, 4) is 16.9 Å². The van der Waals surface area contributed by atoms with E-state index in [0.29, 0.717) is 0 Å². The topological polar surface area (TPSA) is 20.2 Å². The highest BCUT2D eigenvalue weighted by Gasteiger charge is 2.14. The summed E-state index contributed by atoms with van der Waals surface area (Å²) in [5.41, 5.74) is 4.36. The molecule has 20 heavy (non-hydrogen) atoms. The Morgan fingerprint density at radius 2 is 1.70 bits per heavy atom. The van der Waals surface area contributed by atoms with Gasteiger partial charge in [0, 0.05) is 5.03 Å². The van der Waals surface area contributed by atoms with Crippen LogP contribution in [0.25, 0.3) is 16.7 Å². The van der Waals surface area contributed by atoms with E-state index in [0.717, 1.165) is 33.7 Å². The number of phenols is 1. The minimum atomic E-state index is 0. The van der Waals surface area contributed by atoms with Gasteiger partial charge in [0.25, 0.3) is 0 Å². The molecule has 1 nitrogen and oxygen atoms in total. The summed E-state index contributed by atoms with van der Waals surface area (Å²) in [5, 5.41) is 10.4. The second kappa shape index (κ2) is 5.98. The maximum absolute atomic E-state index is 9.63. The summed E-state index contributed by atoms with van der Waals surface area (Å²) in [6.45, 7) is 0. The van der Waals surface area contributed by atoms with E-state index in [1.807, 2.05) is 30.3 Å². The van der Waals surface area contributed by atoms with Crippen molar-refractivity contribution in [3.05, 3.63) is 71.3 Å². The average Bonchev–Trinajstić information content (AvgIpc) is 2.85. The molecule has 0 radical (unpaired) electrons. The molecule has 1 aliphatic rings. The van der Waals surface area contributed by atoms with Crippen LogP contribution in [-0.4, -0.2) is 5.11 Å². The lowest BCUT2D eigenvalue weighted by Gasteiger charge is -2.11. The number of halogens is 1. The van der Waals surface area contributed by atoms with Crippen LogP contribution < -0.4 is 0 Å². The van der Waals surface area contributed by atoms with E-state index >= 15 is 0 Å². The molecule has 0 unspecified atom stereocenters. The molecule has 0 bridgehead atoms. The van der Waals surface area contributed by atoms with Gasteiger partial charge in [-0.15, -0.1) is 0 Å². The summed E-state index contributed by atoms with van der Waals surface area (Å²) in [5.74, 6) is 0.275. The van der Waals surface area contributed by atoms with Gasteiger partial charge in [-0.2, -0.15) is 0 Å². The third kappa shape index (κ3) is 2.63. The van der Waals surface area contributed by atoms with E-state index < -0.39 is 0 Å². The first-order chi connectivity index (χ1) is 9.25. The van der Waals surface area contributed by atoms with Crippen molar-refractivity contribution in [2.75, 3.05) is 0 Å². The Hall–Kier alpha value is -1.99. The smallest absolute Gasteiger partial charge is 0.116 e. The molecule has 0 heterocycles. The second-order valence-corrected chi connectivity index (χ2v) is 4.94. The largest absolute Gasteiger partial charge is 0.508 e. The minimum Gasteiger partial charge on any atom is -0.508 e. The number of allylic oxidation sites excluding steroid dienone is 4. The number of benzene rings is 2. The van der Waals surface area contributed by atoms with Gasteiger partial charge in [0.05, 0.1) is 0 Å². The van der Waals surface area contributed by atoms with Crippen molar-refractivity contribution in [1.82, 2.24) is 0 Å². The molecule has 1 aliphatic carbocycles. The van der Waals surface area contributed by atoms with Crippen LogP contribution in [0.4, 0.5) is 0 Å². The van der Waals surface area contributed by atoms with Crippen LogP contribution in [0, 0.1) is 0 Å². The summed E-state index contributed by atoms with van der Waals surface area (Å²) >= 11 is 6.25. The maximum Gasteiger partial charge on any atom is 0.116 e. The van der Waals surface area contributed by atoms with Crippen LogP contribution >= 0.6 is 11.6 Å². The highest BCUT2D eigenvalue weighted by atomic mass is 35.5. The van der Waals surface area contributed by atoms with Crippen LogP contribution in [0.3, 0.4) is 0 Å². The SMILES string of the molecule is C.Oc1cccc(-c2ccccc2C2=C(Cl)C=CC2)c1.